The average molecular weight is 186 g/mol. The van der Waals surface area contributed by atoms with Gasteiger partial charge in [-0.25, -0.2) is 0 Å². The zero-order valence-electron chi connectivity index (χ0n) is 8.08. The summed E-state index contributed by atoms with van der Waals surface area (Å²) < 4.78 is 5.56. The maximum absolute atomic E-state index is 10.9. The lowest BCUT2D eigenvalue weighted by molar-refractivity contribution is -0.134. The summed E-state index contributed by atoms with van der Waals surface area (Å²) in [4.78, 5) is 10.9. The zero-order chi connectivity index (χ0) is 9.68. The van der Waals surface area contributed by atoms with E-state index in [0.29, 0.717) is 6.42 Å². The molecular formula is C9H18N2O2. The van der Waals surface area contributed by atoms with Crippen LogP contribution in [0.5, 0.6) is 0 Å². The van der Waals surface area contributed by atoms with Gasteiger partial charge in [-0.3, -0.25) is 4.79 Å². The minimum absolute atomic E-state index is 0.159. The molecule has 3 N–H and O–H groups in total. The number of amides is 1. The minimum Gasteiger partial charge on any atom is -0.367 e. The number of primary amides is 1. The highest BCUT2D eigenvalue weighted by molar-refractivity contribution is 5.78. The normalized spacial score (nSPS) is 25.5. The molecule has 4 heteroatoms. The molecule has 1 rings (SSSR count). The van der Waals surface area contributed by atoms with Crippen LogP contribution < -0.4 is 11.1 Å². The lowest BCUT2D eigenvalue weighted by Crippen LogP contribution is -2.41. The maximum Gasteiger partial charge on any atom is 0.246 e. The van der Waals surface area contributed by atoms with Crippen molar-refractivity contribution in [2.75, 3.05) is 13.1 Å². The topological polar surface area (TPSA) is 64.3 Å². The van der Waals surface area contributed by atoms with Crippen LogP contribution >= 0.6 is 0 Å². The zero-order valence-corrected chi connectivity index (χ0v) is 8.08. The standard InChI is InChI=1S/C9H18N2O2/c1-2-8(9(10)12)13-7-4-3-5-11-6-7/h7-8,11H,2-6H2,1H3,(H2,10,12)/t7-,8-/m0/s1. The molecule has 0 spiro atoms. The van der Waals surface area contributed by atoms with E-state index in [1.807, 2.05) is 6.92 Å². The summed E-state index contributed by atoms with van der Waals surface area (Å²) in [5.41, 5.74) is 5.18. The molecule has 1 amide bonds. The Morgan fingerprint density at radius 2 is 2.54 bits per heavy atom. The number of carbonyl (C=O) groups excluding carboxylic acids is 1. The van der Waals surface area contributed by atoms with E-state index in [1.54, 1.807) is 0 Å². The quantitative estimate of drug-likeness (QED) is 0.650. The third kappa shape index (κ3) is 3.32. The third-order valence-corrected chi connectivity index (χ3v) is 2.30. The van der Waals surface area contributed by atoms with Crippen molar-refractivity contribution in [1.82, 2.24) is 5.32 Å². The number of ether oxygens (including phenoxy) is 1. The van der Waals surface area contributed by atoms with Crippen molar-refractivity contribution in [3.8, 4) is 0 Å². The van der Waals surface area contributed by atoms with Crippen LogP contribution in [0.4, 0.5) is 0 Å². The second-order valence-electron chi connectivity index (χ2n) is 3.40. The van der Waals surface area contributed by atoms with Crippen LogP contribution in [-0.4, -0.2) is 31.2 Å². The van der Waals surface area contributed by atoms with Gasteiger partial charge in [-0.2, -0.15) is 0 Å². The summed E-state index contributed by atoms with van der Waals surface area (Å²) in [7, 11) is 0. The maximum atomic E-state index is 10.9. The molecule has 0 aromatic heterocycles. The van der Waals surface area contributed by atoms with Crippen LogP contribution in [0, 0.1) is 0 Å². The molecule has 1 saturated heterocycles. The van der Waals surface area contributed by atoms with Crippen molar-refractivity contribution >= 4 is 5.91 Å². The van der Waals surface area contributed by atoms with Gasteiger partial charge in [-0.05, 0) is 25.8 Å². The van der Waals surface area contributed by atoms with Crippen molar-refractivity contribution in [3.05, 3.63) is 0 Å². The van der Waals surface area contributed by atoms with Crippen LogP contribution in [0.2, 0.25) is 0 Å². The first-order valence-corrected chi connectivity index (χ1v) is 4.89. The molecule has 1 heterocycles. The summed E-state index contributed by atoms with van der Waals surface area (Å²) in [6, 6.07) is 0. The highest BCUT2D eigenvalue weighted by Crippen LogP contribution is 2.10. The molecule has 4 nitrogen and oxygen atoms in total. The average Bonchev–Trinajstić information content (AvgIpc) is 2.15. The number of rotatable bonds is 4. The van der Waals surface area contributed by atoms with Gasteiger partial charge < -0.3 is 15.8 Å². The van der Waals surface area contributed by atoms with Crippen LogP contribution in [-0.2, 0) is 9.53 Å². The lowest BCUT2D eigenvalue weighted by atomic mass is 10.1. The van der Waals surface area contributed by atoms with Crippen LogP contribution in [0.1, 0.15) is 26.2 Å². The Bertz CT molecular complexity index is 167. The number of carbonyl (C=O) groups is 1. The van der Waals surface area contributed by atoms with Crippen molar-refractivity contribution in [2.24, 2.45) is 5.73 Å². The summed E-state index contributed by atoms with van der Waals surface area (Å²) in [6.45, 7) is 3.79. The van der Waals surface area contributed by atoms with E-state index in [-0.39, 0.29) is 12.0 Å². The third-order valence-electron chi connectivity index (χ3n) is 2.30. The van der Waals surface area contributed by atoms with E-state index >= 15 is 0 Å². The van der Waals surface area contributed by atoms with Gasteiger partial charge in [0.05, 0.1) is 6.10 Å². The molecule has 0 bridgehead atoms. The Morgan fingerprint density at radius 1 is 1.77 bits per heavy atom. The fourth-order valence-corrected chi connectivity index (χ4v) is 1.53. The van der Waals surface area contributed by atoms with Gasteiger partial charge in [-0.15, -0.1) is 0 Å². The largest absolute Gasteiger partial charge is 0.367 e. The Hall–Kier alpha value is -0.610. The van der Waals surface area contributed by atoms with Gasteiger partial charge in [0.2, 0.25) is 5.91 Å². The second kappa shape index (κ2) is 5.19. The summed E-state index contributed by atoms with van der Waals surface area (Å²) >= 11 is 0. The first kappa shape index (κ1) is 10.5. The Kier molecular flexibility index (Phi) is 4.18. The monoisotopic (exact) mass is 186 g/mol. The SMILES string of the molecule is CC[C@H](O[C@H]1CCCNC1)C(N)=O. The molecule has 1 fully saturated rings. The van der Waals surface area contributed by atoms with E-state index in [2.05, 4.69) is 5.32 Å². The molecule has 0 aliphatic carbocycles. The van der Waals surface area contributed by atoms with Crippen molar-refractivity contribution < 1.29 is 9.53 Å². The van der Waals surface area contributed by atoms with Crippen molar-refractivity contribution in [3.63, 3.8) is 0 Å². The first-order chi connectivity index (χ1) is 6.24. The Labute approximate surface area is 78.8 Å². The smallest absolute Gasteiger partial charge is 0.246 e. The lowest BCUT2D eigenvalue weighted by Gasteiger charge is -2.26. The molecule has 13 heavy (non-hydrogen) atoms. The van der Waals surface area contributed by atoms with E-state index in [0.717, 1.165) is 25.9 Å². The van der Waals surface area contributed by atoms with Gasteiger partial charge in [0.1, 0.15) is 6.10 Å². The van der Waals surface area contributed by atoms with Crippen LogP contribution in [0.3, 0.4) is 0 Å². The van der Waals surface area contributed by atoms with Crippen molar-refractivity contribution in [1.29, 1.82) is 0 Å². The van der Waals surface area contributed by atoms with Gasteiger partial charge in [0, 0.05) is 6.54 Å². The fraction of sp³-hybridized carbons (Fsp3) is 0.889. The summed E-state index contributed by atoms with van der Waals surface area (Å²) in [6.07, 6.45) is 2.54. The molecule has 0 radical (unpaired) electrons. The first-order valence-electron chi connectivity index (χ1n) is 4.89. The number of nitrogens with two attached hydrogens (primary N) is 1. The molecule has 1 aliphatic heterocycles. The molecular weight excluding hydrogens is 168 g/mol. The number of hydrogen-bond donors (Lipinski definition) is 2. The van der Waals surface area contributed by atoms with E-state index in [4.69, 9.17) is 10.5 Å². The predicted octanol–water partition coefficient (Wildman–Crippen LogP) is 0.0189. The molecule has 1 aliphatic rings. The van der Waals surface area contributed by atoms with Crippen LogP contribution in [0.25, 0.3) is 0 Å². The molecule has 76 valence electrons. The molecule has 0 unspecified atom stereocenters. The predicted molar refractivity (Wildman–Crippen MR) is 50.3 cm³/mol. The Balaban J connectivity index is 2.31. The summed E-state index contributed by atoms with van der Waals surface area (Å²) in [5.74, 6) is -0.354. The van der Waals surface area contributed by atoms with Gasteiger partial charge in [-0.1, -0.05) is 6.92 Å². The molecule has 0 aromatic carbocycles. The number of nitrogens with one attached hydrogen (secondary N) is 1. The van der Waals surface area contributed by atoms with E-state index < -0.39 is 6.10 Å². The molecule has 2 atom stereocenters. The highest BCUT2D eigenvalue weighted by Gasteiger charge is 2.20. The fourth-order valence-electron chi connectivity index (χ4n) is 1.53. The van der Waals surface area contributed by atoms with Gasteiger partial charge >= 0.3 is 0 Å². The molecule has 0 aromatic rings. The van der Waals surface area contributed by atoms with Crippen molar-refractivity contribution in [2.45, 2.75) is 38.4 Å². The second-order valence-corrected chi connectivity index (χ2v) is 3.40. The van der Waals surface area contributed by atoms with E-state index in [9.17, 15) is 4.79 Å². The summed E-state index contributed by atoms with van der Waals surface area (Å²) in [5, 5.41) is 3.23. The van der Waals surface area contributed by atoms with Gasteiger partial charge in [0.15, 0.2) is 0 Å². The number of hydrogen-bond acceptors (Lipinski definition) is 3. The van der Waals surface area contributed by atoms with E-state index in [1.165, 1.54) is 0 Å². The number of piperidine rings is 1. The molecule has 0 saturated carbocycles. The minimum atomic E-state index is -0.412. The van der Waals surface area contributed by atoms with Gasteiger partial charge in [0.25, 0.3) is 0 Å². The van der Waals surface area contributed by atoms with Crippen LogP contribution in [0.15, 0.2) is 0 Å². The highest BCUT2D eigenvalue weighted by atomic mass is 16.5. The Morgan fingerprint density at radius 3 is 3.00 bits per heavy atom.